The fourth-order valence-electron chi connectivity index (χ4n) is 1.33. The summed E-state index contributed by atoms with van der Waals surface area (Å²) in [6, 6.07) is 0. The number of carbonyl (C=O) groups is 1. The van der Waals surface area contributed by atoms with Crippen LogP contribution in [0.5, 0.6) is 0 Å². The van der Waals surface area contributed by atoms with Crippen LogP contribution in [0.15, 0.2) is 47.1 Å². The Bertz CT molecular complexity index is 378. The summed E-state index contributed by atoms with van der Waals surface area (Å²) in [5.74, 6) is -0.318. The van der Waals surface area contributed by atoms with Gasteiger partial charge in [-0.3, -0.25) is 0 Å². The van der Waals surface area contributed by atoms with Gasteiger partial charge in [0.25, 0.3) is 0 Å². The molecule has 0 aromatic heterocycles. The first kappa shape index (κ1) is 16.4. The van der Waals surface area contributed by atoms with Crippen LogP contribution >= 0.6 is 0 Å². The molecule has 0 heterocycles. The zero-order valence-electron chi connectivity index (χ0n) is 12.1. The van der Waals surface area contributed by atoms with Gasteiger partial charge in [-0.2, -0.15) is 0 Å². The molecule has 2 nitrogen and oxygen atoms in total. The minimum absolute atomic E-state index is 0.318. The van der Waals surface area contributed by atoms with Gasteiger partial charge in [-0.25, -0.2) is 4.79 Å². The third-order valence-electron chi connectivity index (χ3n) is 2.38. The van der Waals surface area contributed by atoms with Crippen molar-refractivity contribution in [3.05, 3.63) is 47.1 Å². The van der Waals surface area contributed by atoms with E-state index >= 15 is 0 Å². The quantitative estimate of drug-likeness (QED) is 0.302. The molecule has 0 N–H and O–H groups in total. The number of allylic oxidation sites excluding steroid dienone is 7. The van der Waals surface area contributed by atoms with Gasteiger partial charge in [0.1, 0.15) is 0 Å². The van der Waals surface area contributed by atoms with Gasteiger partial charge in [0, 0.05) is 6.08 Å². The Morgan fingerprint density at radius 2 is 1.83 bits per heavy atom. The molecular formula is C16H24O2. The highest BCUT2D eigenvalue weighted by molar-refractivity contribution is 5.83. The van der Waals surface area contributed by atoms with E-state index in [1.165, 1.54) is 24.3 Å². The van der Waals surface area contributed by atoms with Crippen LogP contribution in [0.4, 0.5) is 0 Å². The summed E-state index contributed by atoms with van der Waals surface area (Å²) in [4.78, 5) is 11.0. The Balaban J connectivity index is 4.24. The molecule has 100 valence electrons. The zero-order chi connectivity index (χ0) is 14.0. The van der Waals surface area contributed by atoms with Gasteiger partial charge in [-0.15, -0.1) is 0 Å². The van der Waals surface area contributed by atoms with Crippen molar-refractivity contribution in [3.8, 4) is 0 Å². The van der Waals surface area contributed by atoms with E-state index in [0.717, 1.165) is 18.4 Å². The zero-order valence-corrected chi connectivity index (χ0v) is 12.1. The Hall–Kier alpha value is -1.57. The second-order valence-electron chi connectivity index (χ2n) is 4.60. The number of methoxy groups -OCH3 is 1. The maximum absolute atomic E-state index is 11.0. The molecule has 0 atom stereocenters. The lowest BCUT2D eigenvalue weighted by Crippen LogP contribution is -1.94. The Morgan fingerprint density at radius 3 is 2.39 bits per heavy atom. The maximum Gasteiger partial charge on any atom is 0.330 e. The first-order chi connectivity index (χ1) is 8.45. The van der Waals surface area contributed by atoms with Gasteiger partial charge < -0.3 is 4.74 Å². The van der Waals surface area contributed by atoms with E-state index in [4.69, 9.17) is 0 Å². The lowest BCUT2D eigenvalue weighted by Gasteiger charge is -1.97. The highest BCUT2D eigenvalue weighted by Crippen LogP contribution is 2.07. The van der Waals surface area contributed by atoms with Gasteiger partial charge in [-0.05, 0) is 46.1 Å². The van der Waals surface area contributed by atoms with Crippen LogP contribution in [0.25, 0.3) is 0 Å². The van der Waals surface area contributed by atoms with Crippen LogP contribution in [0.1, 0.15) is 40.5 Å². The Labute approximate surface area is 111 Å². The van der Waals surface area contributed by atoms with Crippen LogP contribution in [0.3, 0.4) is 0 Å². The molecule has 0 spiro atoms. The molecule has 18 heavy (non-hydrogen) atoms. The first-order valence-electron chi connectivity index (χ1n) is 6.19. The van der Waals surface area contributed by atoms with Crippen LogP contribution < -0.4 is 0 Å². The first-order valence-corrected chi connectivity index (χ1v) is 6.19. The lowest BCUT2D eigenvalue weighted by molar-refractivity contribution is -0.134. The van der Waals surface area contributed by atoms with E-state index in [1.54, 1.807) is 0 Å². The van der Waals surface area contributed by atoms with Crippen LogP contribution in [0, 0.1) is 0 Å². The highest BCUT2D eigenvalue weighted by Gasteiger charge is 1.92. The third kappa shape index (κ3) is 9.64. The third-order valence-corrected chi connectivity index (χ3v) is 2.38. The predicted molar refractivity (Wildman–Crippen MR) is 77.3 cm³/mol. The summed E-state index contributed by atoms with van der Waals surface area (Å²) < 4.78 is 4.55. The Kier molecular flexibility index (Phi) is 8.63. The van der Waals surface area contributed by atoms with Crippen molar-refractivity contribution in [1.29, 1.82) is 0 Å². The molecule has 0 rings (SSSR count). The van der Waals surface area contributed by atoms with E-state index in [0.29, 0.717) is 0 Å². The van der Waals surface area contributed by atoms with Gasteiger partial charge >= 0.3 is 5.97 Å². The second-order valence-corrected chi connectivity index (χ2v) is 4.60. The van der Waals surface area contributed by atoms with E-state index < -0.39 is 0 Å². The number of rotatable bonds is 6. The molecule has 0 unspecified atom stereocenters. The molecule has 0 aromatic carbocycles. The lowest BCUT2D eigenvalue weighted by atomic mass is 10.1. The number of ether oxygens (including phenoxy) is 1. The molecule has 0 aliphatic heterocycles. The van der Waals surface area contributed by atoms with E-state index in [1.807, 2.05) is 19.1 Å². The summed E-state index contributed by atoms with van der Waals surface area (Å²) in [6.45, 7) is 8.21. The average molecular weight is 248 g/mol. The van der Waals surface area contributed by atoms with Gasteiger partial charge in [0.15, 0.2) is 0 Å². The molecule has 0 fully saturated rings. The molecule has 0 aliphatic carbocycles. The molecule has 0 radical (unpaired) electrons. The van der Waals surface area contributed by atoms with Crippen LogP contribution in [-0.2, 0) is 9.53 Å². The summed E-state index contributed by atoms with van der Waals surface area (Å²) in [7, 11) is 1.38. The smallest absolute Gasteiger partial charge is 0.330 e. The van der Waals surface area contributed by atoms with Gasteiger partial charge in [-0.1, -0.05) is 35.5 Å². The van der Waals surface area contributed by atoms with Crippen molar-refractivity contribution in [3.63, 3.8) is 0 Å². The summed E-state index contributed by atoms with van der Waals surface area (Å²) >= 11 is 0. The molecule has 0 aromatic rings. The fraction of sp³-hybridized carbons (Fsp3) is 0.438. The number of carbonyl (C=O) groups excluding carboxylic acids is 1. The fourth-order valence-corrected chi connectivity index (χ4v) is 1.33. The summed E-state index contributed by atoms with van der Waals surface area (Å²) in [6.07, 6.45) is 11.8. The molecule has 0 amide bonds. The second kappa shape index (κ2) is 9.46. The number of hydrogen-bond donors (Lipinski definition) is 0. The SMILES string of the molecule is COC(=O)/C=C(C)/C=C/C=C(/C)CCC=C(C)C. The van der Waals surface area contributed by atoms with Crippen molar-refractivity contribution in [2.45, 2.75) is 40.5 Å². The highest BCUT2D eigenvalue weighted by atomic mass is 16.5. The Morgan fingerprint density at radius 1 is 1.17 bits per heavy atom. The van der Waals surface area contributed by atoms with E-state index in [2.05, 4.69) is 37.7 Å². The number of hydrogen-bond acceptors (Lipinski definition) is 2. The molecule has 2 heteroatoms. The van der Waals surface area contributed by atoms with Crippen molar-refractivity contribution in [1.82, 2.24) is 0 Å². The van der Waals surface area contributed by atoms with Crippen LogP contribution in [0.2, 0.25) is 0 Å². The van der Waals surface area contributed by atoms with Crippen molar-refractivity contribution in [2.24, 2.45) is 0 Å². The van der Waals surface area contributed by atoms with Crippen LogP contribution in [-0.4, -0.2) is 13.1 Å². The van der Waals surface area contributed by atoms with Crippen molar-refractivity contribution in [2.75, 3.05) is 7.11 Å². The van der Waals surface area contributed by atoms with E-state index in [9.17, 15) is 4.79 Å². The molecule has 0 bridgehead atoms. The predicted octanol–water partition coefficient (Wildman–Crippen LogP) is 4.35. The molecule has 0 aliphatic rings. The normalized spacial score (nSPS) is 12.7. The summed E-state index contributed by atoms with van der Waals surface area (Å²) in [5, 5.41) is 0. The van der Waals surface area contributed by atoms with E-state index in [-0.39, 0.29) is 5.97 Å². The summed E-state index contributed by atoms with van der Waals surface area (Å²) in [5.41, 5.74) is 3.57. The van der Waals surface area contributed by atoms with Gasteiger partial charge in [0.05, 0.1) is 7.11 Å². The average Bonchev–Trinajstić information content (AvgIpc) is 2.28. The molecule has 0 saturated carbocycles. The number of esters is 1. The topological polar surface area (TPSA) is 26.3 Å². The minimum Gasteiger partial charge on any atom is -0.466 e. The standard InChI is InChI=1S/C16H24O2/c1-13(2)8-6-9-14(3)10-7-11-15(4)12-16(17)18-5/h7-8,10-12H,6,9H2,1-5H3/b11-7+,14-10-,15-12+. The maximum atomic E-state index is 11.0. The minimum atomic E-state index is -0.318. The largest absolute Gasteiger partial charge is 0.466 e. The monoisotopic (exact) mass is 248 g/mol. The molecular weight excluding hydrogens is 224 g/mol. The molecule has 0 saturated heterocycles. The van der Waals surface area contributed by atoms with Crippen molar-refractivity contribution >= 4 is 5.97 Å². The van der Waals surface area contributed by atoms with Gasteiger partial charge in [0.2, 0.25) is 0 Å². The van der Waals surface area contributed by atoms with Crippen molar-refractivity contribution < 1.29 is 9.53 Å².